The molecule has 1 aromatic rings. The van der Waals surface area contributed by atoms with Crippen molar-refractivity contribution in [3.63, 3.8) is 0 Å². The maximum atomic E-state index is 6.21. The Morgan fingerprint density at radius 1 is 1.08 bits per heavy atom. The predicted molar refractivity (Wildman–Crippen MR) is 92.2 cm³/mol. The highest BCUT2D eigenvalue weighted by atomic mass is 16.7. The molecule has 4 aliphatic rings. The fraction of sp³-hybridized carbons (Fsp3) is 0.714. The second-order valence-corrected chi connectivity index (χ2v) is 8.42. The van der Waals surface area contributed by atoms with Gasteiger partial charge in [-0.3, -0.25) is 0 Å². The van der Waals surface area contributed by atoms with Crippen LogP contribution in [0, 0.1) is 17.3 Å². The summed E-state index contributed by atoms with van der Waals surface area (Å²) in [5.41, 5.74) is 3.30. The first-order chi connectivity index (χ1) is 11.7. The Bertz CT molecular complexity index is 648. The molecule has 3 aliphatic carbocycles. The molecule has 0 N–H and O–H groups in total. The van der Waals surface area contributed by atoms with Crippen molar-refractivity contribution in [2.75, 3.05) is 20.3 Å². The van der Waals surface area contributed by atoms with Crippen LogP contribution in [0.2, 0.25) is 0 Å². The number of benzene rings is 1. The Morgan fingerprint density at radius 2 is 1.92 bits per heavy atom. The van der Waals surface area contributed by atoms with Gasteiger partial charge in [0.25, 0.3) is 0 Å². The van der Waals surface area contributed by atoms with Gasteiger partial charge >= 0.3 is 0 Å². The average Bonchev–Trinajstić information content (AvgIpc) is 3.21. The third-order valence-electron chi connectivity index (χ3n) is 7.73. The van der Waals surface area contributed by atoms with E-state index in [1.807, 2.05) is 0 Å². The fourth-order valence-electron chi connectivity index (χ4n) is 6.57. The van der Waals surface area contributed by atoms with Gasteiger partial charge in [0.2, 0.25) is 0 Å². The third kappa shape index (κ3) is 1.86. The van der Waals surface area contributed by atoms with E-state index in [2.05, 4.69) is 25.1 Å². The highest BCUT2D eigenvalue weighted by Gasteiger charge is 2.64. The molecule has 24 heavy (non-hydrogen) atoms. The van der Waals surface area contributed by atoms with Crippen LogP contribution in [0.25, 0.3) is 0 Å². The first-order valence-electron chi connectivity index (χ1n) is 9.62. The molecule has 3 nitrogen and oxygen atoms in total. The van der Waals surface area contributed by atoms with Crippen LogP contribution < -0.4 is 4.74 Å². The van der Waals surface area contributed by atoms with Crippen LogP contribution in [-0.2, 0) is 15.9 Å². The molecule has 5 rings (SSSR count). The first kappa shape index (κ1) is 15.2. The lowest BCUT2D eigenvalue weighted by molar-refractivity contribution is -0.237. The molecule has 1 heterocycles. The average molecular weight is 328 g/mol. The Morgan fingerprint density at radius 3 is 2.71 bits per heavy atom. The van der Waals surface area contributed by atoms with Crippen molar-refractivity contribution in [3.8, 4) is 5.75 Å². The monoisotopic (exact) mass is 328 g/mol. The van der Waals surface area contributed by atoms with E-state index in [4.69, 9.17) is 14.2 Å². The molecule has 3 heteroatoms. The molecule has 0 radical (unpaired) electrons. The highest BCUT2D eigenvalue weighted by molar-refractivity contribution is 5.40. The van der Waals surface area contributed by atoms with Gasteiger partial charge in [-0.05, 0) is 73.1 Å². The predicted octanol–water partition coefficient (Wildman–Crippen LogP) is 4.29. The van der Waals surface area contributed by atoms with Crippen LogP contribution in [0.1, 0.15) is 56.1 Å². The fourth-order valence-corrected chi connectivity index (χ4v) is 6.57. The van der Waals surface area contributed by atoms with E-state index >= 15 is 0 Å². The normalized spacial score (nSPS) is 39.3. The number of ether oxygens (including phenoxy) is 3. The van der Waals surface area contributed by atoms with Gasteiger partial charge in [0, 0.05) is 11.8 Å². The lowest BCUT2D eigenvalue weighted by atomic mass is 9.55. The zero-order chi connectivity index (χ0) is 16.4. The molecule has 0 bridgehead atoms. The maximum Gasteiger partial charge on any atom is 0.174 e. The summed E-state index contributed by atoms with van der Waals surface area (Å²) in [6.45, 7) is 4.01. The van der Waals surface area contributed by atoms with Gasteiger partial charge in [0.1, 0.15) is 5.75 Å². The van der Waals surface area contributed by atoms with E-state index in [9.17, 15) is 0 Å². The van der Waals surface area contributed by atoms with E-state index in [-0.39, 0.29) is 11.2 Å². The zero-order valence-electron chi connectivity index (χ0n) is 14.8. The van der Waals surface area contributed by atoms with E-state index in [0.29, 0.717) is 5.92 Å². The van der Waals surface area contributed by atoms with Crippen LogP contribution in [0.5, 0.6) is 5.75 Å². The largest absolute Gasteiger partial charge is 0.497 e. The summed E-state index contributed by atoms with van der Waals surface area (Å²) in [6.07, 6.45) is 7.35. The number of hydrogen-bond acceptors (Lipinski definition) is 3. The van der Waals surface area contributed by atoms with Gasteiger partial charge in [0.15, 0.2) is 5.79 Å². The SMILES string of the molecule is COc1ccc2c(c1)CCC1C2CC[C@@]2(C)C1CCC21OCCO1. The molecule has 130 valence electrons. The van der Waals surface area contributed by atoms with E-state index in [1.165, 1.54) is 37.7 Å². The van der Waals surface area contributed by atoms with Gasteiger partial charge < -0.3 is 14.2 Å². The summed E-state index contributed by atoms with van der Waals surface area (Å²) in [5, 5.41) is 0. The summed E-state index contributed by atoms with van der Waals surface area (Å²) >= 11 is 0. The van der Waals surface area contributed by atoms with Crippen molar-refractivity contribution in [2.45, 2.75) is 57.2 Å². The molecule has 0 aromatic heterocycles. The van der Waals surface area contributed by atoms with E-state index in [1.54, 1.807) is 12.7 Å². The summed E-state index contributed by atoms with van der Waals surface area (Å²) in [7, 11) is 1.76. The van der Waals surface area contributed by atoms with Crippen LogP contribution in [0.3, 0.4) is 0 Å². The second kappa shape index (κ2) is 5.22. The standard InChI is InChI=1S/C21H28O3/c1-20-9-7-17-16-6-4-15(22-2)13-14(16)3-5-18(17)19(20)8-10-21(20)23-11-12-24-21/h4,6,13,17-19H,3,5,7-12H2,1-2H3/t17?,18?,19?,20-/m0/s1. The molecular formula is C21H28O3. The van der Waals surface area contributed by atoms with Gasteiger partial charge in [-0.15, -0.1) is 0 Å². The highest BCUT2D eigenvalue weighted by Crippen LogP contribution is 2.66. The minimum Gasteiger partial charge on any atom is -0.497 e. The van der Waals surface area contributed by atoms with Gasteiger partial charge in [-0.1, -0.05) is 13.0 Å². The third-order valence-corrected chi connectivity index (χ3v) is 7.73. The van der Waals surface area contributed by atoms with Crippen LogP contribution in [0.15, 0.2) is 18.2 Å². The molecule has 1 spiro atoms. The summed E-state index contributed by atoms with van der Waals surface area (Å²) in [6, 6.07) is 6.74. The second-order valence-electron chi connectivity index (χ2n) is 8.42. The van der Waals surface area contributed by atoms with Crippen LogP contribution in [0.4, 0.5) is 0 Å². The van der Waals surface area contributed by atoms with Gasteiger partial charge in [-0.25, -0.2) is 0 Å². The van der Waals surface area contributed by atoms with Crippen molar-refractivity contribution in [1.82, 2.24) is 0 Å². The molecule has 1 aromatic carbocycles. The number of rotatable bonds is 1. The van der Waals surface area contributed by atoms with Crippen molar-refractivity contribution in [2.24, 2.45) is 17.3 Å². The van der Waals surface area contributed by atoms with Gasteiger partial charge in [0.05, 0.1) is 20.3 Å². The molecule has 3 unspecified atom stereocenters. The summed E-state index contributed by atoms with van der Waals surface area (Å²) in [4.78, 5) is 0. The molecular weight excluding hydrogens is 300 g/mol. The van der Waals surface area contributed by atoms with Gasteiger partial charge in [-0.2, -0.15) is 0 Å². The van der Waals surface area contributed by atoms with Crippen LogP contribution in [-0.4, -0.2) is 26.1 Å². The lowest BCUT2D eigenvalue weighted by Gasteiger charge is -2.52. The van der Waals surface area contributed by atoms with Crippen molar-refractivity contribution in [3.05, 3.63) is 29.3 Å². The smallest absolute Gasteiger partial charge is 0.174 e. The molecule has 0 amide bonds. The zero-order valence-corrected chi connectivity index (χ0v) is 14.8. The minimum absolute atomic E-state index is 0.203. The number of fused-ring (bicyclic) bond motifs is 6. The molecule has 1 aliphatic heterocycles. The van der Waals surface area contributed by atoms with Crippen LogP contribution >= 0.6 is 0 Å². The Hall–Kier alpha value is -1.06. The quantitative estimate of drug-likeness (QED) is 0.769. The Labute approximate surface area is 144 Å². The molecule has 4 atom stereocenters. The molecule has 1 saturated heterocycles. The summed E-state index contributed by atoms with van der Waals surface area (Å²) in [5.74, 6) is 2.97. The van der Waals surface area contributed by atoms with Crippen molar-refractivity contribution < 1.29 is 14.2 Å². The van der Waals surface area contributed by atoms with Crippen molar-refractivity contribution in [1.29, 1.82) is 0 Å². The Kier molecular flexibility index (Phi) is 3.31. The first-order valence-corrected chi connectivity index (χ1v) is 9.62. The number of aryl methyl sites for hydroxylation is 1. The maximum absolute atomic E-state index is 6.21. The topological polar surface area (TPSA) is 27.7 Å². The number of methoxy groups -OCH3 is 1. The van der Waals surface area contributed by atoms with E-state index in [0.717, 1.165) is 37.2 Å². The lowest BCUT2D eigenvalue weighted by Crippen LogP contribution is -2.51. The number of hydrogen-bond donors (Lipinski definition) is 0. The molecule has 2 saturated carbocycles. The summed E-state index contributed by atoms with van der Waals surface area (Å²) < 4.78 is 17.9. The Balaban J connectivity index is 1.49. The minimum atomic E-state index is -0.275. The van der Waals surface area contributed by atoms with E-state index < -0.39 is 0 Å². The van der Waals surface area contributed by atoms with Crippen molar-refractivity contribution >= 4 is 0 Å². The molecule has 3 fully saturated rings.